The molecule has 0 atom stereocenters. The maximum Gasteiger partial charge on any atom is 0.248 e. The molecule has 0 saturated carbocycles. The summed E-state index contributed by atoms with van der Waals surface area (Å²) in [5.74, 6) is 0. The van der Waals surface area contributed by atoms with Crippen LogP contribution in [0.2, 0.25) is 0 Å². The molecule has 0 fully saturated rings. The molecule has 2 aliphatic heterocycles. The molecule has 0 amide bonds. The molecule has 2 heteroatoms. The van der Waals surface area contributed by atoms with Gasteiger partial charge in [0, 0.05) is 17.1 Å². The lowest BCUT2D eigenvalue weighted by Crippen LogP contribution is -2.54. The largest absolute Gasteiger partial charge is 0.311 e. The van der Waals surface area contributed by atoms with Crippen molar-refractivity contribution >= 4 is 50.9 Å². The Morgan fingerprint density at radius 2 is 1.37 bits per heavy atom. The highest BCUT2D eigenvalue weighted by molar-refractivity contribution is 7.01. The van der Waals surface area contributed by atoms with Gasteiger partial charge in [0.15, 0.2) is 0 Å². The maximum absolute atomic E-state index is 9.16. The molecule has 7 rings (SSSR count). The predicted molar refractivity (Wildman–Crippen MR) is 129 cm³/mol. The molecule has 0 aliphatic carbocycles. The maximum atomic E-state index is 9.16. The zero-order valence-electron chi connectivity index (χ0n) is 22.9. The van der Waals surface area contributed by atoms with E-state index in [4.69, 9.17) is 9.60 Å². The number of nitrogens with zero attached hydrogens (tertiary/aromatic N) is 1. The van der Waals surface area contributed by atoms with Crippen LogP contribution in [0.3, 0.4) is 0 Å². The van der Waals surface area contributed by atoms with Gasteiger partial charge in [0.1, 0.15) is 0 Å². The van der Waals surface area contributed by atoms with Crippen LogP contribution in [0, 0.1) is 0 Å². The molecule has 0 unspecified atom stereocenters. The summed E-state index contributed by atoms with van der Waals surface area (Å²) in [6, 6.07) is 19.7. The van der Waals surface area contributed by atoms with Crippen LogP contribution >= 0.6 is 0 Å². The smallest absolute Gasteiger partial charge is 0.248 e. The molecule has 2 heterocycles. The van der Waals surface area contributed by atoms with Crippen LogP contribution in [-0.4, -0.2) is 6.71 Å². The van der Waals surface area contributed by atoms with Crippen LogP contribution in [0.4, 0.5) is 17.1 Å². The minimum atomic E-state index is -0.470. The van der Waals surface area contributed by atoms with Gasteiger partial charge in [-0.15, -0.1) is 0 Å². The average Bonchev–Trinajstić information content (AvgIpc) is 3.25. The van der Waals surface area contributed by atoms with Gasteiger partial charge in [-0.1, -0.05) is 90.3 Å². The third kappa shape index (κ3) is 2.03. The van der Waals surface area contributed by atoms with Gasteiger partial charge in [0.05, 0.1) is 9.60 Å². The predicted octanol–water partition coefficient (Wildman–Crippen LogP) is 5.12. The van der Waals surface area contributed by atoms with Crippen molar-refractivity contribution < 1.29 is 9.60 Å². The first-order chi connectivity index (χ1) is 17.8. The topological polar surface area (TPSA) is 3.24 Å². The number of rotatable bonds is 1. The van der Waals surface area contributed by atoms with Crippen molar-refractivity contribution in [2.75, 3.05) is 4.90 Å². The number of benzene rings is 5. The summed E-state index contributed by atoms with van der Waals surface area (Å²) < 4.78 is 60.0. The van der Waals surface area contributed by atoms with Crippen LogP contribution in [0.1, 0.15) is 9.60 Å². The third-order valence-electron chi connectivity index (χ3n) is 6.12. The van der Waals surface area contributed by atoms with Gasteiger partial charge in [-0.2, -0.15) is 0 Å². The van der Waals surface area contributed by atoms with Crippen LogP contribution < -0.4 is 21.3 Å². The van der Waals surface area contributed by atoms with Crippen LogP contribution in [0.25, 0.3) is 21.9 Å². The van der Waals surface area contributed by atoms with E-state index in [0.29, 0.717) is 0 Å². The molecule has 2 aliphatic rings. The van der Waals surface area contributed by atoms with Gasteiger partial charge in [-0.25, -0.2) is 0 Å². The fourth-order valence-corrected chi connectivity index (χ4v) is 4.95. The minimum Gasteiger partial charge on any atom is -0.311 e. The summed E-state index contributed by atoms with van der Waals surface area (Å²) in [5.41, 5.74) is 7.25. The summed E-state index contributed by atoms with van der Waals surface area (Å²) in [5, 5.41) is -0.143. The van der Waals surface area contributed by atoms with Crippen LogP contribution in [0.5, 0.6) is 0 Å². The Morgan fingerprint density at radius 3 is 2.30 bits per heavy atom. The van der Waals surface area contributed by atoms with E-state index in [-0.39, 0.29) is 47.3 Å². The first-order valence-electron chi connectivity index (χ1n) is 13.4. The molecule has 0 saturated heterocycles. The lowest BCUT2D eigenvalue weighted by Gasteiger charge is -2.36. The molecule has 0 N–H and O–H groups in total. The van der Waals surface area contributed by atoms with Gasteiger partial charge in [0.25, 0.3) is 0 Å². The molecule has 0 bridgehead atoms. The standard InChI is InChI=1S/C28H18BN/c1-2-9-20-18-21(17-16-19(20)8-1)30-26-14-6-5-13-25(26)29-24-12-4-3-10-22(24)23-11-7-15-27(30)28(23)29/h1-18H/i1D,2D,8D,9D,16D,17D,18D. The van der Waals surface area contributed by atoms with E-state index >= 15 is 0 Å². The molecule has 5 aromatic rings. The Hall–Kier alpha value is -3.78. The molecule has 0 radical (unpaired) electrons. The number of anilines is 3. The van der Waals surface area contributed by atoms with Gasteiger partial charge in [-0.3, -0.25) is 0 Å². The zero-order valence-corrected chi connectivity index (χ0v) is 15.9. The molecule has 5 aromatic carbocycles. The van der Waals surface area contributed by atoms with E-state index in [9.17, 15) is 0 Å². The highest BCUT2D eigenvalue weighted by Gasteiger charge is 2.41. The Labute approximate surface area is 186 Å². The summed E-state index contributed by atoms with van der Waals surface area (Å²) >= 11 is 0. The third-order valence-corrected chi connectivity index (χ3v) is 6.12. The summed E-state index contributed by atoms with van der Waals surface area (Å²) in [7, 11) is 0. The van der Waals surface area contributed by atoms with Crippen molar-refractivity contribution in [1.82, 2.24) is 0 Å². The second-order valence-corrected chi connectivity index (χ2v) is 7.63. The van der Waals surface area contributed by atoms with E-state index < -0.39 is 18.1 Å². The van der Waals surface area contributed by atoms with Crippen molar-refractivity contribution in [3.05, 3.63) is 109 Å². The highest BCUT2D eigenvalue weighted by atomic mass is 15.1. The number of hydrogen-bond acceptors (Lipinski definition) is 1. The molecule has 30 heavy (non-hydrogen) atoms. The van der Waals surface area contributed by atoms with E-state index in [1.165, 1.54) is 5.46 Å². The summed E-state index contributed by atoms with van der Waals surface area (Å²) in [6.07, 6.45) is 0. The SMILES string of the molecule is [2H]c1c([2H])c([2H])c2c([2H])c(N3c4ccccc4B4c5ccccc5-c5cccc3c54)c([2H])c([2H])c2c1[2H]. The van der Waals surface area contributed by atoms with Gasteiger partial charge in [-0.05, 0) is 57.0 Å². The molecule has 1 nitrogen and oxygen atoms in total. The molecular weight excluding hydrogens is 361 g/mol. The Bertz CT molecular complexity index is 1830. The summed E-state index contributed by atoms with van der Waals surface area (Å²) in [6.45, 7) is -0.00792. The second kappa shape index (κ2) is 5.87. The molecular formula is C28H18BN. The Balaban J connectivity index is 1.63. The normalized spacial score (nSPS) is 16.5. The van der Waals surface area contributed by atoms with E-state index in [1.54, 1.807) is 0 Å². The van der Waals surface area contributed by atoms with E-state index in [1.807, 2.05) is 47.4 Å². The van der Waals surface area contributed by atoms with E-state index in [2.05, 4.69) is 24.3 Å². The fourth-order valence-electron chi connectivity index (χ4n) is 4.95. The number of fused-ring (bicyclic) bond motifs is 6. The van der Waals surface area contributed by atoms with Crippen molar-refractivity contribution in [1.29, 1.82) is 0 Å². The highest BCUT2D eigenvalue weighted by Crippen LogP contribution is 2.40. The number of hydrogen-bond donors (Lipinski definition) is 0. The minimum absolute atomic E-state index is 0.00792. The molecule has 0 aromatic heterocycles. The average molecular weight is 386 g/mol. The van der Waals surface area contributed by atoms with Crippen molar-refractivity contribution in [3.8, 4) is 11.1 Å². The fraction of sp³-hybridized carbons (Fsp3) is 0. The quantitative estimate of drug-likeness (QED) is 0.354. The Kier molecular flexibility index (Phi) is 2.12. The monoisotopic (exact) mass is 386 g/mol. The zero-order chi connectivity index (χ0) is 25.7. The van der Waals surface area contributed by atoms with Gasteiger partial charge < -0.3 is 4.90 Å². The van der Waals surface area contributed by atoms with Gasteiger partial charge >= 0.3 is 0 Å². The van der Waals surface area contributed by atoms with Crippen LogP contribution in [0.15, 0.2) is 109 Å². The lowest BCUT2D eigenvalue weighted by molar-refractivity contribution is 1.30. The molecule has 0 spiro atoms. The van der Waals surface area contributed by atoms with Gasteiger partial charge in [0.2, 0.25) is 6.71 Å². The van der Waals surface area contributed by atoms with Crippen molar-refractivity contribution in [2.45, 2.75) is 0 Å². The van der Waals surface area contributed by atoms with Crippen molar-refractivity contribution in [2.24, 2.45) is 0 Å². The molecule has 138 valence electrons. The van der Waals surface area contributed by atoms with Crippen molar-refractivity contribution in [3.63, 3.8) is 0 Å². The number of para-hydroxylation sites is 1. The first-order valence-corrected chi connectivity index (χ1v) is 9.94. The van der Waals surface area contributed by atoms with E-state index in [0.717, 1.165) is 33.4 Å². The second-order valence-electron chi connectivity index (χ2n) is 7.63. The first kappa shape index (κ1) is 10.8. The lowest BCUT2D eigenvalue weighted by atomic mass is 9.37. The Morgan fingerprint density at radius 1 is 0.633 bits per heavy atom. The van der Waals surface area contributed by atoms with Crippen LogP contribution in [-0.2, 0) is 0 Å². The summed E-state index contributed by atoms with van der Waals surface area (Å²) in [4.78, 5) is 1.83.